The van der Waals surface area contributed by atoms with Gasteiger partial charge in [0.05, 0.1) is 25.3 Å². The molecule has 3 heteroatoms. The first-order chi connectivity index (χ1) is 28.1. The molecular formula is C54H38O2Si. The van der Waals surface area contributed by atoms with E-state index in [4.69, 9.17) is 9.47 Å². The van der Waals surface area contributed by atoms with Gasteiger partial charge in [0, 0.05) is 11.1 Å². The molecule has 8 aromatic rings. The zero-order valence-corrected chi connectivity index (χ0v) is 32.8. The van der Waals surface area contributed by atoms with E-state index in [0.717, 1.165) is 56.0 Å². The number of hydrogen-bond donors (Lipinski definition) is 0. The van der Waals surface area contributed by atoms with Crippen LogP contribution in [0.3, 0.4) is 0 Å². The molecular weight excluding hydrogens is 709 g/mol. The van der Waals surface area contributed by atoms with E-state index in [1.807, 2.05) is 12.1 Å². The van der Waals surface area contributed by atoms with E-state index in [2.05, 4.69) is 206 Å². The second-order valence-electron chi connectivity index (χ2n) is 14.1. The van der Waals surface area contributed by atoms with Crippen LogP contribution in [0.4, 0.5) is 0 Å². The van der Waals surface area contributed by atoms with Gasteiger partial charge in [-0.25, -0.2) is 0 Å². The molecule has 8 aromatic carbocycles. The van der Waals surface area contributed by atoms with Crippen molar-refractivity contribution in [3.63, 3.8) is 0 Å². The molecule has 0 radical (unpaired) electrons. The van der Waals surface area contributed by atoms with Crippen LogP contribution < -0.4 is 30.2 Å². The highest BCUT2D eigenvalue weighted by Crippen LogP contribution is 2.36. The van der Waals surface area contributed by atoms with Crippen molar-refractivity contribution in [3.05, 3.63) is 216 Å². The van der Waals surface area contributed by atoms with E-state index < -0.39 is 8.07 Å². The van der Waals surface area contributed by atoms with Crippen molar-refractivity contribution in [1.29, 1.82) is 0 Å². The average Bonchev–Trinajstić information content (AvgIpc) is 3.57. The molecule has 9 rings (SSSR count). The highest BCUT2D eigenvalue weighted by molar-refractivity contribution is 7.22. The lowest BCUT2D eigenvalue weighted by atomic mass is 10.0. The number of methoxy groups -OCH3 is 2. The predicted octanol–water partition coefficient (Wildman–Crippen LogP) is 9.20. The maximum absolute atomic E-state index is 6.09. The molecule has 0 aromatic heterocycles. The van der Waals surface area contributed by atoms with Crippen LogP contribution in [0.15, 0.2) is 194 Å². The van der Waals surface area contributed by atoms with Gasteiger partial charge in [-0.1, -0.05) is 169 Å². The zero-order valence-electron chi connectivity index (χ0n) is 31.8. The number of fused-ring (bicyclic) bond motifs is 3. The lowest BCUT2D eigenvalue weighted by molar-refractivity contribution is 0.413. The SMILES string of the molecule is COc1cc2c(cc1C#Cc1ccc(-c3ccccc3)cc1)[Si](c1ccccc1)(c1ccccc1)c1cc(C#Cc3ccc(-c4ccccc4)cc3)c(OC)cc1-2. The van der Waals surface area contributed by atoms with Crippen LogP contribution in [-0.2, 0) is 0 Å². The van der Waals surface area contributed by atoms with Gasteiger partial charge in [-0.2, -0.15) is 0 Å². The average molecular weight is 747 g/mol. The van der Waals surface area contributed by atoms with Crippen LogP contribution in [0, 0.1) is 23.7 Å². The van der Waals surface area contributed by atoms with Gasteiger partial charge in [-0.15, -0.1) is 0 Å². The summed E-state index contributed by atoms with van der Waals surface area (Å²) >= 11 is 0. The Morgan fingerprint density at radius 3 is 1.04 bits per heavy atom. The zero-order chi connectivity index (χ0) is 38.6. The minimum atomic E-state index is -2.91. The van der Waals surface area contributed by atoms with Gasteiger partial charge in [0.1, 0.15) is 11.5 Å². The molecule has 0 bridgehead atoms. The Morgan fingerprint density at radius 2 is 0.684 bits per heavy atom. The van der Waals surface area contributed by atoms with Gasteiger partial charge in [0.25, 0.3) is 0 Å². The van der Waals surface area contributed by atoms with Gasteiger partial charge in [-0.3, -0.25) is 0 Å². The highest BCUT2D eigenvalue weighted by atomic mass is 28.3. The molecule has 0 fully saturated rings. The smallest absolute Gasteiger partial charge is 0.180 e. The summed E-state index contributed by atoms with van der Waals surface area (Å²) < 4.78 is 12.2. The van der Waals surface area contributed by atoms with E-state index in [-0.39, 0.29) is 0 Å². The monoisotopic (exact) mass is 746 g/mol. The lowest BCUT2D eigenvalue weighted by Crippen LogP contribution is -2.72. The third kappa shape index (κ3) is 6.62. The summed E-state index contributed by atoms with van der Waals surface area (Å²) in [6, 6.07) is 68.5. The molecule has 0 saturated heterocycles. The van der Waals surface area contributed by atoms with Crippen molar-refractivity contribution >= 4 is 28.8 Å². The highest BCUT2D eigenvalue weighted by Gasteiger charge is 2.49. The Kier molecular flexibility index (Phi) is 9.59. The van der Waals surface area contributed by atoms with E-state index in [1.165, 1.54) is 31.9 Å². The van der Waals surface area contributed by atoms with Crippen LogP contribution in [0.1, 0.15) is 22.3 Å². The molecule has 0 aliphatic carbocycles. The minimum Gasteiger partial charge on any atom is -0.495 e. The van der Waals surface area contributed by atoms with Crippen molar-refractivity contribution in [3.8, 4) is 68.6 Å². The standard InChI is InChI=1S/C54H38O2Si/c1-55-51-37-49-50-38-52(56-2)46(34-28-40-25-31-44(32-26-40)42-17-9-4-10-18-42)36-54(50)57(47-19-11-5-12-20-47,48-21-13-6-14-22-48)53(49)35-45(51)33-27-39-23-29-43(30-24-39)41-15-7-3-8-16-41/h3-26,29-32,35-38H,1-2H3. The third-order valence-corrected chi connectivity index (χ3v) is 15.7. The Labute approximate surface area is 336 Å². The maximum Gasteiger partial charge on any atom is 0.180 e. The Hall–Kier alpha value is -7.30. The molecule has 2 nitrogen and oxygen atoms in total. The van der Waals surface area contributed by atoms with Crippen LogP contribution in [-0.4, -0.2) is 22.3 Å². The third-order valence-electron chi connectivity index (χ3n) is 10.9. The molecule has 1 aliphatic rings. The van der Waals surface area contributed by atoms with Gasteiger partial charge >= 0.3 is 0 Å². The molecule has 1 aliphatic heterocycles. The largest absolute Gasteiger partial charge is 0.495 e. The van der Waals surface area contributed by atoms with E-state index in [0.29, 0.717) is 0 Å². The molecule has 0 amide bonds. The molecule has 0 N–H and O–H groups in total. The summed E-state index contributed by atoms with van der Waals surface area (Å²) in [4.78, 5) is 0. The summed E-state index contributed by atoms with van der Waals surface area (Å²) in [7, 11) is 0.536. The van der Waals surface area contributed by atoms with Crippen molar-refractivity contribution < 1.29 is 9.47 Å². The van der Waals surface area contributed by atoms with Crippen molar-refractivity contribution in [2.45, 2.75) is 0 Å². The quantitative estimate of drug-likeness (QED) is 0.125. The van der Waals surface area contributed by atoms with Crippen LogP contribution in [0.5, 0.6) is 11.5 Å². The van der Waals surface area contributed by atoms with E-state index in [9.17, 15) is 0 Å². The first kappa shape index (κ1) is 35.4. The Morgan fingerprint density at radius 1 is 0.351 bits per heavy atom. The van der Waals surface area contributed by atoms with Crippen LogP contribution in [0.2, 0.25) is 0 Å². The second kappa shape index (κ2) is 15.4. The summed E-state index contributed by atoms with van der Waals surface area (Å²) in [5.41, 5.74) is 10.5. The van der Waals surface area contributed by atoms with Crippen molar-refractivity contribution in [2.75, 3.05) is 14.2 Å². The first-order valence-corrected chi connectivity index (χ1v) is 21.1. The molecule has 270 valence electrons. The van der Waals surface area contributed by atoms with Crippen molar-refractivity contribution in [2.24, 2.45) is 0 Å². The topological polar surface area (TPSA) is 18.5 Å². The van der Waals surface area contributed by atoms with Gasteiger partial charge in [0.15, 0.2) is 8.07 Å². The molecule has 0 unspecified atom stereocenters. The molecule has 57 heavy (non-hydrogen) atoms. The van der Waals surface area contributed by atoms with Crippen LogP contribution >= 0.6 is 0 Å². The Bertz CT molecular complexity index is 2630. The molecule has 0 saturated carbocycles. The molecule has 0 spiro atoms. The fraction of sp³-hybridized carbons (Fsp3) is 0.0370. The minimum absolute atomic E-state index is 0.737. The summed E-state index contributed by atoms with van der Waals surface area (Å²) in [5, 5.41) is 5.11. The van der Waals surface area contributed by atoms with Gasteiger partial charge in [-0.05, 0) is 103 Å². The fourth-order valence-corrected chi connectivity index (χ4v) is 13.3. The number of rotatable bonds is 6. The second-order valence-corrected chi connectivity index (χ2v) is 17.8. The van der Waals surface area contributed by atoms with Gasteiger partial charge in [0.2, 0.25) is 0 Å². The lowest BCUT2D eigenvalue weighted by Gasteiger charge is -2.31. The van der Waals surface area contributed by atoms with Crippen LogP contribution in [0.25, 0.3) is 33.4 Å². The van der Waals surface area contributed by atoms with Gasteiger partial charge < -0.3 is 9.47 Å². The summed E-state index contributed by atoms with van der Waals surface area (Å²) in [6.45, 7) is 0. The van der Waals surface area contributed by atoms with E-state index in [1.54, 1.807) is 14.2 Å². The van der Waals surface area contributed by atoms with Crippen molar-refractivity contribution in [1.82, 2.24) is 0 Å². The molecule has 0 atom stereocenters. The fourth-order valence-electron chi connectivity index (χ4n) is 8.10. The summed E-state index contributed by atoms with van der Waals surface area (Å²) in [5.74, 6) is 15.4. The maximum atomic E-state index is 6.09. The number of hydrogen-bond acceptors (Lipinski definition) is 2. The Balaban J connectivity index is 1.20. The summed E-state index contributed by atoms with van der Waals surface area (Å²) in [6.07, 6.45) is 0. The predicted molar refractivity (Wildman–Crippen MR) is 238 cm³/mol. The molecule has 1 heterocycles. The first-order valence-electron chi connectivity index (χ1n) is 19.1. The number of benzene rings is 8. The van der Waals surface area contributed by atoms with E-state index >= 15 is 0 Å². The normalized spacial score (nSPS) is 11.9. The number of ether oxygens (including phenoxy) is 2.